The first-order chi connectivity index (χ1) is 17.6. The predicted molar refractivity (Wildman–Crippen MR) is 156 cm³/mol. The van der Waals surface area contributed by atoms with Crippen LogP contribution in [0.3, 0.4) is 0 Å². The summed E-state index contributed by atoms with van der Waals surface area (Å²) in [4.78, 5) is 14.8. The summed E-state index contributed by atoms with van der Waals surface area (Å²) in [6, 6.07) is 18.6. The van der Waals surface area contributed by atoms with Gasteiger partial charge in [0.25, 0.3) is 0 Å². The number of aromatic amines is 1. The first-order valence-electron chi connectivity index (χ1n) is 13.0. The number of thioether (sulfide) groups is 1. The van der Waals surface area contributed by atoms with Gasteiger partial charge in [-0.3, -0.25) is 0 Å². The van der Waals surface area contributed by atoms with Crippen molar-refractivity contribution in [1.82, 2.24) is 19.9 Å². The van der Waals surface area contributed by atoms with E-state index in [-0.39, 0.29) is 0 Å². The lowest BCUT2D eigenvalue weighted by atomic mass is 10.1. The molecule has 5 rings (SSSR count). The lowest BCUT2D eigenvalue weighted by Crippen LogP contribution is -2.32. The van der Waals surface area contributed by atoms with E-state index in [1.165, 1.54) is 48.5 Å². The Balaban J connectivity index is 0.000000286. The van der Waals surface area contributed by atoms with E-state index in [0.717, 1.165) is 41.2 Å². The van der Waals surface area contributed by atoms with Crippen molar-refractivity contribution in [2.24, 2.45) is 0 Å². The molecule has 6 nitrogen and oxygen atoms in total. The zero-order valence-corrected chi connectivity index (χ0v) is 22.5. The molecule has 3 N–H and O–H groups in total. The normalized spacial score (nSPS) is 13.8. The molecule has 2 aromatic carbocycles. The Morgan fingerprint density at radius 1 is 0.944 bits per heavy atom. The molecule has 0 amide bonds. The number of aryl methyl sites for hydroxylation is 2. The summed E-state index contributed by atoms with van der Waals surface area (Å²) in [5, 5.41) is 7.83. The molecular formula is C29H38N6S. The van der Waals surface area contributed by atoms with Gasteiger partial charge in [0, 0.05) is 58.8 Å². The fraction of sp³-hybridized carbons (Fsp3) is 0.379. The minimum absolute atomic E-state index is 0.576. The molecule has 0 unspecified atom stereocenters. The number of H-pyrrole nitrogens is 1. The van der Waals surface area contributed by atoms with E-state index < -0.39 is 0 Å². The minimum Gasteiger partial charge on any atom is -0.359 e. The number of nitrogens with zero attached hydrogens (tertiary/aromatic N) is 3. The number of hydrogen-bond donors (Lipinski definition) is 3. The summed E-state index contributed by atoms with van der Waals surface area (Å²) >= 11 is 2.08. The van der Waals surface area contributed by atoms with Crippen LogP contribution in [0.2, 0.25) is 0 Å². The monoisotopic (exact) mass is 502 g/mol. The number of hydrogen-bond acceptors (Lipinski definition) is 6. The lowest BCUT2D eigenvalue weighted by molar-refractivity contribution is 0.303. The van der Waals surface area contributed by atoms with Crippen molar-refractivity contribution in [1.29, 1.82) is 0 Å². The summed E-state index contributed by atoms with van der Waals surface area (Å²) in [5.41, 5.74) is 5.60. The number of aromatic nitrogens is 3. The fourth-order valence-corrected chi connectivity index (χ4v) is 5.33. The second kappa shape index (κ2) is 13.3. The maximum absolute atomic E-state index is 4.58. The SMILES string of the molecule is CCCN1CCSCC1.CCCc1cccc(Nc2nccc(Nc3ccc4[nH]c(C)cc4c3)n2)c1. The van der Waals surface area contributed by atoms with Crippen LogP contribution in [0.1, 0.15) is 37.9 Å². The number of benzene rings is 2. The molecule has 7 heteroatoms. The minimum atomic E-state index is 0.576. The average Bonchev–Trinajstić information content (AvgIpc) is 3.25. The van der Waals surface area contributed by atoms with E-state index in [1.54, 1.807) is 6.20 Å². The smallest absolute Gasteiger partial charge is 0.229 e. The molecule has 0 bridgehead atoms. The Bertz CT molecular complexity index is 1230. The van der Waals surface area contributed by atoms with Gasteiger partial charge in [-0.25, -0.2) is 4.98 Å². The maximum atomic E-state index is 4.58. The van der Waals surface area contributed by atoms with Gasteiger partial charge in [-0.1, -0.05) is 32.4 Å². The molecule has 3 heterocycles. The Hall–Kier alpha value is -3.03. The van der Waals surface area contributed by atoms with Crippen LogP contribution in [0.4, 0.5) is 23.1 Å². The topological polar surface area (TPSA) is 68.9 Å². The molecule has 4 aromatic rings. The quantitative estimate of drug-likeness (QED) is 0.238. The average molecular weight is 503 g/mol. The third-order valence-corrected chi connectivity index (χ3v) is 6.99. The summed E-state index contributed by atoms with van der Waals surface area (Å²) in [7, 11) is 0. The molecule has 1 fully saturated rings. The summed E-state index contributed by atoms with van der Waals surface area (Å²) in [6.07, 6.45) is 5.26. The highest BCUT2D eigenvalue weighted by molar-refractivity contribution is 7.99. The Kier molecular flexibility index (Phi) is 9.64. The second-order valence-electron chi connectivity index (χ2n) is 9.17. The highest BCUT2D eigenvalue weighted by atomic mass is 32.2. The number of anilines is 4. The first kappa shape index (κ1) is 26.0. The lowest BCUT2D eigenvalue weighted by Gasteiger charge is -2.25. The van der Waals surface area contributed by atoms with Crippen molar-refractivity contribution < 1.29 is 0 Å². The molecule has 0 atom stereocenters. The van der Waals surface area contributed by atoms with Crippen LogP contribution in [0, 0.1) is 6.92 Å². The van der Waals surface area contributed by atoms with Gasteiger partial charge in [-0.15, -0.1) is 0 Å². The van der Waals surface area contributed by atoms with Crippen LogP contribution in [0.25, 0.3) is 10.9 Å². The standard InChI is InChI=1S/C22H23N5.C7H15NS/c1-3-5-16-6-4-7-18(13-16)26-22-23-11-10-21(27-22)25-19-8-9-20-17(14-19)12-15(2)24-20;1-2-3-8-4-6-9-7-5-8/h4,6-14,24H,3,5H2,1-2H3,(H2,23,25,26,27);2-7H2,1H3. The van der Waals surface area contributed by atoms with Crippen LogP contribution in [-0.2, 0) is 6.42 Å². The van der Waals surface area contributed by atoms with E-state index in [2.05, 4.69) is 99.4 Å². The molecule has 0 radical (unpaired) electrons. The van der Waals surface area contributed by atoms with Gasteiger partial charge < -0.3 is 20.5 Å². The van der Waals surface area contributed by atoms with Gasteiger partial charge in [0.1, 0.15) is 5.82 Å². The van der Waals surface area contributed by atoms with Crippen LogP contribution >= 0.6 is 11.8 Å². The zero-order valence-electron chi connectivity index (χ0n) is 21.7. The zero-order chi connectivity index (χ0) is 25.2. The highest BCUT2D eigenvalue weighted by Gasteiger charge is 2.07. The summed E-state index contributed by atoms with van der Waals surface area (Å²) in [5.74, 6) is 4.02. The van der Waals surface area contributed by atoms with Crippen molar-refractivity contribution in [3.05, 3.63) is 72.1 Å². The molecule has 1 aliphatic heterocycles. The highest BCUT2D eigenvalue weighted by Crippen LogP contribution is 2.23. The van der Waals surface area contributed by atoms with Gasteiger partial charge in [-0.2, -0.15) is 16.7 Å². The number of nitrogens with one attached hydrogen (secondary N) is 3. The van der Waals surface area contributed by atoms with Crippen LogP contribution < -0.4 is 10.6 Å². The predicted octanol–water partition coefficient (Wildman–Crippen LogP) is 7.15. The van der Waals surface area contributed by atoms with Crippen molar-refractivity contribution in [3.63, 3.8) is 0 Å². The third-order valence-electron chi connectivity index (χ3n) is 6.05. The fourth-order valence-electron chi connectivity index (χ4n) is 4.36. The molecular weight excluding hydrogens is 464 g/mol. The van der Waals surface area contributed by atoms with E-state index in [0.29, 0.717) is 5.95 Å². The molecule has 0 aliphatic carbocycles. The van der Waals surface area contributed by atoms with Gasteiger partial charge in [0.2, 0.25) is 5.95 Å². The summed E-state index contributed by atoms with van der Waals surface area (Å²) in [6.45, 7) is 10.4. The molecule has 1 saturated heterocycles. The molecule has 36 heavy (non-hydrogen) atoms. The largest absolute Gasteiger partial charge is 0.359 e. The van der Waals surface area contributed by atoms with Crippen molar-refractivity contribution in [3.8, 4) is 0 Å². The Morgan fingerprint density at radius 2 is 1.78 bits per heavy atom. The maximum Gasteiger partial charge on any atom is 0.229 e. The second-order valence-corrected chi connectivity index (χ2v) is 10.4. The van der Waals surface area contributed by atoms with E-state index in [1.807, 2.05) is 18.2 Å². The van der Waals surface area contributed by atoms with Gasteiger partial charge in [-0.05, 0) is 74.3 Å². The van der Waals surface area contributed by atoms with E-state index >= 15 is 0 Å². The van der Waals surface area contributed by atoms with Crippen molar-refractivity contribution >= 4 is 45.8 Å². The van der Waals surface area contributed by atoms with Crippen molar-refractivity contribution in [2.45, 2.75) is 40.0 Å². The van der Waals surface area contributed by atoms with Crippen LogP contribution in [0.15, 0.2) is 60.8 Å². The molecule has 0 spiro atoms. The Morgan fingerprint density at radius 3 is 2.58 bits per heavy atom. The van der Waals surface area contributed by atoms with Gasteiger partial charge in [0.15, 0.2) is 0 Å². The first-order valence-corrected chi connectivity index (χ1v) is 14.1. The molecule has 1 aliphatic rings. The number of fused-ring (bicyclic) bond motifs is 1. The number of rotatable bonds is 8. The van der Waals surface area contributed by atoms with E-state index in [9.17, 15) is 0 Å². The molecule has 2 aromatic heterocycles. The van der Waals surface area contributed by atoms with Crippen LogP contribution in [-0.4, -0.2) is 51.0 Å². The molecule has 190 valence electrons. The molecule has 0 saturated carbocycles. The van der Waals surface area contributed by atoms with E-state index in [4.69, 9.17) is 0 Å². The van der Waals surface area contributed by atoms with Gasteiger partial charge in [0.05, 0.1) is 0 Å². The third kappa shape index (κ3) is 7.73. The Labute approximate surface area is 219 Å². The van der Waals surface area contributed by atoms with Gasteiger partial charge >= 0.3 is 0 Å². The van der Waals surface area contributed by atoms with Crippen molar-refractivity contribution in [2.75, 3.05) is 41.8 Å². The van der Waals surface area contributed by atoms with Crippen LogP contribution in [0.5, 0.6) is 0 Å². The summed E-state index contributed by atoms with van der Waals surface area (Å²) < 4.78 is 0.